The van der Waals surface area contributed by atoms with Gasteiger partial charge in [-0.1, -0.05) is 12.8 Å². The summed E-state index contributed by atoms with van der Waals surface area (Å²) in [6.45, 7) is 8.00. The van der Waals surface area contributed by atoms with Gasteiger partial charge in [-0.2, -0.15) is 0 Å². The molecule has 1 aliphatic carbocycles. The van der Waals surface area contributed by atoms with E-state index in [0.29, 0.717) is 12.0 Å². The van der Waals surface area contributed by atoms with Gasteiger partial charge in [-0.25, -0.2) is 0 Å². The average Bonchev–Trinajstić information content (AvgIpc) is 2.23. The second-order valence-corrected chi connectivity index (χ2v) is 6.03. The Morgan fingerprint density at radius 1 is 1.25 bits per heavy atom. The lowest BCUT2D eigenvalue weighted by atomic mass is 9.86. The maximum atomic E-state index is 5.99. The summed E-state index contributed by atoms with van der Waals surface area (Å²) in [7, 11) is 0. The summed E-state index contributed by atoms with van der Waals surface area (Å²) in [6.07, 6.45) is 5.23. The zero-order valence-corrected chi connectivity index (χ0v) is 11.6. The van der Waals surface area contributed by atoms with Crippen molar-refractivity contribution in [3.63, 3.8) is 0 Å². The van der Waals surface area contributed by atoms with Gasteiger partial charge in [-0.15, -0.1) is 11.6 Å². The quantitative estimate of drug-likeness (QED) is 0.595. The number of ether oxygens (including phenoxy) is 1. The number of halogens is 1. The van der Waals surface area contributed by atoms with E-state index in [1.165, 1.54) is 25.7 Å². The molecule has 16 heavy (non-hydrogen) atoms. The molecule has 1 saturated carbocycles. The Morgan fingerprint density at radius 2 is 1.94 bits per heavy atom. The van der Waals surface area contributed by atoms with Crippen molar-refractivity contribution in [2.24, 2.45) is 5.92 Å². The second-order valence-electron chi connectivity index (χ2n) is 5.72. The van der Waals surface area contributed by atoms with Crippen molar-refractivity contribution in [2.75, 3.05) is 19.0 Å². The maximum absolute atomic E-state index is 5.99. The Labute approximate surface area is 105 Å². The van der Waals surface area contributed by atoms with E-state index in [1.807, 2.05) is 0 Å². The lowest BCUT2D eigenvalue weighted by molar-refractivity contribution is -0.00252. The highest BCUT2D eigenvalue weighted by molar-refractivity contribution is 6.18. The molecule has 0 aromatic heterocycles. The molecule has 2 nitrogen and oxygen atoms in total. The van der Waals surface area contributed by atoms with Gasteiger partial charge < -0.3 is 10.1 Å². The first-order valence-electron chi connectivity index (χ1n) is 6.46. The lowest BCUT2D eigenvalue weighted by Gasteiger charge is -2.31. The van der Waals surface area contributed by atoms with Crippen molar-refractivity contribution >= 4 is 11.6 Å². The second kappa shape index (κ2) is 6.83. The van der Waals surface area contributed by atoms with Gasteiger partial charge in [0.25, 0.3) is 0 Å². The van der Waals surface area contributed by atoms with Gasteiger partial charge in [-0.3, -0.25) is 0 Å². The summed E-state index contributed by atoms with van der Waals surface area (Å²) >= 11 is 5.99. The molecule has 0 saturated heterocycles. The zero-order valence-electron chi connectivity index (χ0n) is 10.9. The highest BCUT2D eigenvalue weighted by Crippen LogP contribution is 2.25. The third-order valence-corrected chi connectivity index (χ3v) is 3.55. The van der Waals surface area contributed by atoms with Crippen LogP contribution in [0.15, 0.2) is 0 Å². The molecule has 0 bridgehead atoms. The highest BCUT2D eigenvalue weighted by atomic mass is 35.5. The van der Waals surface area contributed by atoms with Gasteiger partial charge in [0.05, 0.1) is 12.2 Å². The van der Waals surface area contributed by atoms with E-state index in [1.54, 1.807) is 0 Å². The van der Waals surface area contributed by atoms with Gasteiger partial charge in [-0.05, 0) is 39.5 Å². The normalized spacial score (nSPS) is 27.0. The lowest BCUT2D eigenvalue weighted by Crippen LogP contribution is -2.41. The number of nitrogens with one attached hydrogen (secondary N) is 1. The minimum Gasteiger partial charge on any atom is -0.375 e. The standard InChI is InChI=1S/C13H26ClNO/c1-13(2,3)16-9-8-15-12-7-5-4-6-11(12)10-14/h11-12,15H,4-10H2,1-3H3. The molecule has 0 aliphatic heterocycles. The van der Waals surface area contributed by atoms with Gasteiger partial charge in [0.2, 0.25) is 0 Å². The van der Waals surface area contributed by atoms with Gasteiger partial charge in [0, 0.05) is 18.5 Å². The fourth-order valence-corrected chi connectivity index (χ4v) is 2.63. The summed E-state index contributed by atoms with van der Waals surface area (Å²) in [4.78, 5) is 0. The van der Waals surface area contributed by atoms with E-state index in [9.17, 15) is 0 Å². The molecule has 0 aromatic rings. The Hall–Kier alpha value is 0.210. The molecule has 3 heteroatoms. The smallest absolute Gasteiger partial charge is 0.0599 e. The molecule has 1 aliphatic rings. The molecule has 0 amide bonds. The zero-order chi connectivity index (χ0) is 12.0. The average molecular weight is 248 g/mol. The van der Waals surface area contributed by atoms with Gasteiger partial charge in [0.15, 0.2) is 0 Å². The predicted octanol–water partition coefficient (Wildman–Crippen LogP) is 3.19. The van der Waals surface area contributed by atoms with E-state index in [-0.39, 0.29) is 5.60 Å². The third kappa shape index (κ3) is 5.51. The largest absolute Gasteiger partial charge is 0.375 e. The van der Waals surface area contributed by atoms with Crippen molar-refractivity contribution in [1.29, 1.82) is 0 Å². The van der Waals surface area contributed by atoms with Crippen LogP contribution in [-0.2, 0) is 4.74 Å². The monoisotopic (exact) mass is 247 g/mol. The molecule has 0 aromatic carbocycles. The fraction of sp³-hybridized carbons (Fsp3) is 1.00. The topological polar surface area (TPSA) is 21.3 Å². The minimum atomic E-state index is -0.0276. The first kappa shape index (κ1) is 14.3. The predicted molar refractivity (Wildman–Crippen MR) is 70.2 cm³/mol. The van der Waals surface area contributed by atoms with Crippen LogP contribution in [0.25, 0.3) is 0 Å². The van der Waals surface area contributed by atoms with E-state index in [4.69, 9.17) is 16.3 Å². The van der Waals surface area contributed by atoms with Crippen molar-refractivity contribution in [1.82, 2.24) is 5.32 Å². The van der Waals surface area contributed by atoms with Crippen LogP contribution in [0.3, 0.4) is 0 Å². The Bertz CT molecular complexity index is 191. The highest BCUT2D eigenvalue weighted by Gasteiger charge is 2.23. The minimum absolute atomic E-state index is 0.0276. The molecule has 1 fully saturated rings. The molecule has 2 atom stereocenters. The molecular formula is C13H26ClNO. The van der Waals surface area contributed by atoms with E-state index in [2.05, 4.69) is 26.1 Å². The maximum Gasteiger partial charge on any atom is 0.0599 e. The number of rotatable bonds is 5. The molecule has 0 radical (unpaired) electrons. The first-order valence-corrected chi connectivity index (χ1v) is 6.99. The van der Waals surface area contributed by atoms with E-state index in [0.717, 1.165) is 19.0 Å². The van der Waals surface area contributed by atoms with Crippen molar-refractivity contribution in [3.05, 3.63) is 0 Å². The van der Waals surface area contributed by atoms with Crippen molar-refractivity contribution in [3.8, 4) is 0 Å². The molecule has 2 unspecified atom stereocenters. The molecule has 0 heterocycles. The Kier molecular flexibility index (Phi) is 6.09. The van der Waals surface area contributed by atoms with Gasteiger partial charge >= 0.3 is 0 Å². The summed E-state index contributed by atoms with van der Waals surface area (Å²) in [5.41, 5.74) is -0.0276. The van der Waals surface area contributed by atoms with Crippen LogP contribution < -0.4 is 5.32 Å². The van der Waals surface area contributed by atoms with Crippen LogP contribution in [0, 0.1) is 5.92 Å². The number of hydrogen-bond acceptors (Lipinski definition) is 2. The molecule has 1 rings (SSSR count). The van der Waals surface area contributed by atoms with Crippen LogP contribution in [0.5, 0.6) is 0 Å². The Morgan fingerprint density at radius 3 is 2.56 bits per heavy atom. The van der Waals surface area contributed by atoms with E-state index < -0.39 is 0 Å². The van der Waals surface area contributed by atoms with Crippen molar-refractivity contribution < 1.29 is 4.74 Å². The summed E-state index contributed by atoms with van der Waals surface area (Å²) in [5, 5.41) is 3.59. The van der Waals surface area contributed by atoms with Crippen LogP contribution in [0.4, 0.5) is 0 Å². The molecular weight excluding hydrogens is 222 g/mol. The van der Waals surface area contributed by atoms with Crippen LogP contribution in [0.1, 0.15) is 46.5 Å². The first-order chi connectivity index (χ1) is 7.53. The molecule has 96 valence electrons. The van der Waals surface area contributed by atoms with Crippen LogP contribution in [0.2, 0.25) is 0 Å². The summed E-state index contributed by atoms with van der Waals surface area (Å²) in [5.74, 6) is 1.45. The van der Waals surface area contributed by atoms with Gasteiger partial charge in [0.1, 0.15) is 0 Å². The van der Waals surface area contributed by atoms with Crippen molar-refractivity contribution in [2.45, 2.75) is 58.1 Å². The van der Waals surface area contributed by atoms with Crippen LogP contribution in [-0.4, -0.2) is 30.7 Å². The Balaban J connectivity index is 2.15. The number of alkyl halides is 1. The third-order valence-electron chi connectivity index (χ3n) is 3.15. The SMILES string of the molecule is CC(C)(C)OCCNC1CCCCC1CCl. The fourth-order valence-electron chi connectivity index (χ4n) is 2.26. The number of hydrogen-bond donors (Lipinski definition) is 1. The summed E-state index contributed by atoms with van der Waals surface area (Å²) < 4.78 is 5.69. The molecule has 0 spiro atoms. The van der Waals surface area contributed by atoms with Crippen LogP contribution >= 0.6 is 11.6 Å². The van der Waals surface area contributed by atoms with E-state index >= 15 is 0 Å². The molecule has 1 N–H and O–H groups in total. The summed E-state index contributed by atoms with van der Waals surface area (Å²) in [6, 6.07) is 0.606.